The molecule has 0 N–H and O–H groups in total. The smallest absolute Gasteiger partial charge is 0.164 e. The van der Waals surface area contributed by atoms with Gasteiger partial charge in [0.05, 0.1) is 0 Å². The number of hydrogen-bond acceptors (Lipinski definition) is 4. The number of rotatable bonds is 6. The second-order valence-electron chi connectivity index (χ2n) is 8.06. The van der Waals surface area contributed by atoms with Crippen molar-refractivity contribution < 1.29 is 4.42 Å². The van der Waals surface area contributed by atoms with E-state index in [1.54, 1.807) is 0 Å². The van der Waals surface area contributed by atoms with Gasteiger partial charge in [-0.25, -0.2) is 15.0 Å². The van der Waals surface area contributed by atoms with E-state index >= 15 is 0 Å². The Morgan fingerprint density at radius 2 is 1.55 bits per heavy atom. The van der Waals surface area contributed by atoms with E-state index in [4.69, 9.17) is 19.4 Å². The van der Waals surface area contributed by atoms with Gasteiger partial charge in [-0.05, 0) is 40.2 Å². The Bertz CT molecular complexity index is 1330. The number of allylic oxidation sites excluding steroid dienone is 2. The van der Waals surface area contributed by atoms with Gasteiger partial charge in [0.15, 0.2) is 17.5 Å². The molecule has 4 aromatic rings. The van der Waals surface area contributed by atoms with Gasteiger partial charge in [-0.2, -0.15) is 0 Å². The van der Waals surface area contributed by atoms with Crippen molar-refractivity contribution >= 4 is 11.6 Å². The molecule has 0 amide bonds. The summed E-state index contributed by atoms with van der Waals surface area (Å²) < 4.78 is 6.03. The first-order valence-corrected chi connectivity index (χ1v) is 11.3. The van der Waals surface area contributed by atoms with Crippen LogP contribution in [-0.4, -0.2) is 15.0 Å². The molecular weight excluding hydrogens is 406 g/mol. The molecule has 0 aliphatic rings. The Morgan fingerprint density at radius 3 is 2.21 bits per heavy atom. The largest absolute Gasteiger partial charge is 0.465 e. The molecule has 4 heteroatoms. The molecule has 166 valence electrons. The molecule has 0 fully saturated rings. The molecular formula is C29H29N3O. The van der Waals surface area contributed by atoms with Gasteiger partial charge in [0.2, 0.25) is 0 Å². The van der Waals surface area contributed by atoms with Crippen molar-refractivity contribution in [3.05, 3.63) is 101 Å². The van der Waals surface area contributed by atoms with Gasteiger partial charge < -0.3 is 4.42 Å². The van der Waals surface area contributed by atoms with E-state index in [9.17, 15) is 0 Å². The van der Waals surface area contributed by atoms with Gasteiger partial charge in [0.25, 0.3) is 0 Å². The highest BCUT2D eigenvalue weighted by Gasteiger charge is 2.21. The van der Waals surface area contributed by atoms with Crippen LogP contribution >= 0.6 is 0 Å². The first-order chi connectivity index (χ1) is 16.0. The molecule has 0 bridgehead atoms. The van der Waals surface area contributed by atoms with Crippen LogP contribution in [0, 0.1) is 20.8 Å². The zero-order valence-corrected chi connectivity index (χ0v) is 19.9. The van der Waals surface area contributed by atoms with E-state index in [0.717, 1.165) is 51.3 Å². The number of hydrogen-bond donors (Lipinski definition) is 0. The fraction of sp³-hybridized carbons (Fsp3) is 0.207. The lowest BCUT2D eigenvalue weighted by atomic mass is 9.98. The first-order valence-electron chi connectivity index (χ1n) is 11.3. The fourth-order valence-corrected chi connectivity index (χ4v) is 3.98. The maximum absolute atomic E-state index is 6.03. The summed E-state index contributed by atoms with van der Waals surface area (Å²) in [7, 11) is 0. The molecule has 2 heterocycles. The summed E-state index contributed by atoms with van der Waals surface area (Å²) in [6, 6.07) is 18.3. The highest BCUT2D eigenvalue weighted by atomic mass is 16.3. The molecule has 0 unspecified atom stereocenters. The third-order valence-corrected chi connectivity index (χ3v) is 5.57. The predicted octanol–water partition coefficient (Wildman–Crippen LogP) is 7.60. The molecule has 33 heavy (non-hydrogen) atoms. The molecule has 0 atom stereocenters. The minimum Gasteiger partial charge on any atom is -0.465 e. The van der Waals surface area contributed by atoms with Crippen LogP contribution in [0.1, 0.15) is 54.3 Å². The Balaban J connectivity index is 1.95. The quantitative estimate of drug-likeness (QED) is 0.313. The van der Waals surface area contributed by atoms with Crippen LogP contribution in [0.25, 0.3) is 34.4 Å². The lowest BCUT2D eigenvalue weighted by Gasteiger charge is -2.11. The average molecular weight is 436 g/mol. The van der Waals surface area contributed by atoms with E-state index in [-0.39, 0.29) is 0 Å². The Hall–Kier alpha value is -3.79. The third kappa shape index (κ3) is 4.70. The molecule has 0 saturated carbocycles. The van der Waals surface area contributed by atoms with E-state index < -0.39 is 0 Å². The van der Waals surface area contributed by atoms with Crippen LogP contribution < -0.4 is 0 Å². The molecule has 0 spiro atoms. The van der Waals surface area contributed by atoms with Crippen LogP contribution in [-0.2, 0) is 0 Å². The zero-order chi connectivity index (χ0) is 23.4. The zero-order valence-electron chi connectivity index (χ0n) is 19.9. The van der Waals surface area contributed by atoms with Crippen LogP contribution in [0.2, 0.25) is 0 Å². The van der Waals surface area contributed by atoms with Gasteiger partial charge in [-0.15, -0.1) is 0 Å². The molecule has 2 aromatic carbocycles. The SMILES string of the molecule is C/C=C(/c1nc(-c2ccccc2)nc(-c2cccc(C)c2)n1)c1c(C)oc(C)c1/C=C\CC. The molecule has 4 rings (SSSR count). The van der Waals surface area contributed by atoms with Crippen LogP contribution in [0.3, 0.4) is 0 Å². The molecule has 0 aliphatic heterocycles. The van der Waals surface area contributed by atoms with Crippen molar-refractivity contribution in [1.29, 1.82) is 0 Å². The highest BCUT2D eigenvalue weighted by molar-refractivity contribution is 5.84. The number of aryl methyl sites for hydroxylation is 3. The predicted molar refractivity (Wildman–Crippen MR) is 136 cm³/mol. The number of nitrogens with zero attached hydrogens (tertiary/aromatic N) is 3. The Labute approximate surface area is 195 Å². The second kappa shape index (κ2) is 9.78. The van der Waals surface area contributed by atoms with Crippen LogP contribution in [0.15, 0.2) is 71.2 Å². The monoisotopic (exact) mass is 435 g/mol. The van der Waals surface area contributed by atoms with E-state index in [2.05, 4.69) is 44.2 Å². The Morgan fingerprint density at radius 1 is 0.848 bits per heavy atom. The first kappa shape index (κ1) is 22.4. The standard InChI is InChI=1S/C29H29N3O/c1-6-8-17-25-20(4)33-21(5)26(25)24(7-2)29-31-27(22-14-10-9-11-15-22)30-28(32-29)23-16-12-13-19(3)18-23/h7-18H,6H2,1-5H3/b17-8-,24-7+. The summed E-state index contributed by atoms with van der Waals surface area (Å²) in [5.41, 5.74) is 6.12. The average Bonchev–Trinajstić information content (AvgIpc) is 3.11. The lowest BCUT2D eigenvalue weighted by Crippen LogP contribution is -2.04. The minimum atomic E-state index is 0.637. The van der Waals surface area contributed by atoms with Crippen molar-refractivity contribution in [1.82, 2.24) is 15.0 Å². The van der Waals surface area contributed by atoms with E-state index in [0.29, 0.717) is 17.5 Å². The summed E-state index contributed by atoms with van der Waals surface area (Å²) in [5, 5.41) is 0. The maximum atomic E-state index is 6.03. The summed E-state index contributed by atoms with van der Waals surface area (Å²) in [6.07, 6.45) is 7.29. The van der Waals surface area contributed by atoms with Gasteiger partial charge in [0.1, 0.15) is 11.5 Å². The van der Waals surface area contributed by atoms with Crippen LogP contribution in [0.4, 0.5) is 0 Å². The molecule has 2 aromatic heterocycles. The fourth-order valence-electron chi connectivity index (χ4n) is 3.98. The molecule has 0 radical (unpaired) electrons. The lowest BCUT2D eigenvalue weighted by molar-refractivity contribution is 0.503. The van der Waals surface area contributed by atoms with Crippen molar-refractivity contribution in [2.75, 3.05) is 0 Å². The summed E-state index contributed by atoms with van der Waals surface area (Å²) in [5.74, 6) is 3.70. The Kier molecular flexibility index (Phi) is 6.64. The summed E-state index contributed by atoms with van der Waals surface area (Å²) >= 11 is 0. The van der Waals surface area contributed by atoms with Gasteiger partial charge in [-0.1, -0.05) is 79.2 Å². The van der Waals surface area contributed by atoms with Gasteiger partial charge in [-0.3, -0.25) is 0 Å². The van der Waals surface area contributed by atoms with E-state index in [1.165, 1.54) is 0 Å². The second-order valence-corrected chi connectivity index (χ2v) is 8.06. The van der Waals surface area contributed by atoms with Gasteiger partial charge in [0, 0.05) is 27.8 Å². The normalized spacial score (nSPS) is 12.0. The highest BCUT2D eigenvalue weighted by Crippen LogP contribution is 2.34. The maximum Gasteiger partial charge on any atom is 0.164 e. The topological polar surface area (TPSA) is 51.8 Å². The molecule has 4 nitrogen and oxygen atoms in total. The van der Waals surface area contributed by atoms with Gasteiger partial charge >= 0.3 is 0 Å². The van der Waals surface area contributed by atoms with Crippen molar-refractivity contribution in [3.8, 4) is 22.8 Å². The third-order valence-electron chi connectivity index (χ3n) is 5.57. The number of furan rings is 1. The van der Waals surface area contributed by atoms with E-state index in [1.807, 2.05) is 63.2 Å². The van der Waals surface area contributed by atoms with Crippen molar-refractivity contribution in [2.45, 2.75) is 41.0 Å². The number of aromatic nitrogens is 3. The molecule has 0 aliphatic carbocycles. The summed E-state index contributed by atoms with van der Waals surface area (Å²) in [4.78, 5) is 14.7. The van der Waals surface area contributed by atoms with Crippen molar-refractivity contribution in [3.63, 3.8) is 0 Å². The molecule has 0 saturated heterocycles. The summed E-state index contributed by atoms with van der Waals surface area (Å²) in [6.45, 7) is 10.2. The minimum absolute atomic E-state index is 0.637. The number of benzene rings is 2. The van der Waals surface area contributed by atoms with Crippen LogP contribution in [0.5, 0.6) is 0 Å². The van der Waals surface area contributed by atoms with Crippen molar-refractivity contribution in [2.24, 2.45) is 0 Å².